The third-order valence-electron chi connectivity index (χ3n) is 8.15. The Hall–Kier alpha value is -2.63. The van der Waals surface area contributed by atoms with E-state index in [-0.39, 0.29) is 6.10 Å². The van der Waals surface area contributed by atoms with Gasteiger partial charge in [-0.25, -0.2) is 9.97 Å². The molecule has 2 atom stereocenters. The summed E-state index contributed by atoms with van der Waals surface area (Å²) in [6, 6.07) is 12.9. The van der Waals surface area contributed by atoms with Gasteiger partial charge in [0.1, 0.15) is 5.82 Å². The molecule has 2 aromatic carbocycles. The monoisotopic (exact) mass is 518 g/mol. The fraction of sp³-hybridized carbons (Fsp3) is 0.484. The number of benzene rings is 2. The number of rotatable bonds is 5. The van der Waals surface area contributed by atoms with Crippen LogP contribution < -0.4 is 9.80 Å². The largest absolute Gasteiger partial charge is 0.381 e. The van der Waals surface area contributed by atoms with Gasteiger partial charge in [0.15, 0.2) is 5.82 Å². The van der Waals surface area contributed by atoms with E-state index in [1.807, 2.05) is 19.2 Å². The lowest BCUT2D eigenvalue weighted by Crippen LogP contribution is -2.44. The van der Waals surface area contributed by atoms with Crippen LogP contribution in [0, 0.1) is 19.8 Å². The second-order valence-electron chi connectivity index (χ2n) is 11.1. The number of aryl methyl sites for hydroxylation is 2. The van der Waals surface area contributed by atoms with Gasteiger partial charge in [0.25, 0.3) is 0 Å². The van der Waals surface area contributed by atoms with Gasteiger partial charge in [-0.3, -0.25) is 0 Å². The zero-order valence-electron chi connectivity index (χ0n) is 23.0. The molecule has 0 N–H and O–H groups in total. The van der Waals surface area contributed by atoms with Crippen LogP contribution in [0.1, 0.15) is 61.1 Å². The SMILES string of the molecule is CO[C@@H]1CCN(c2nc(-c3c(C)cccc3Cl)nc3c2CN(c2cc(C(C)C)ccc2C)CC3)C[C@H]1C. The van der Waals surface area contributed by atoms with E-state index >= 15 is 0 Å². The predicted molar refractivity (Wildman–Crippen MR) is 154 cm³/mol. The quantitative estimate of drug-likeness (QED) is 0.365. The van der Waals surface area contributed by atoms with E-state index in [4.69, 9.17) is 26.3 Å². The minimum absolute atomic E-state index is 0.289. The molecule has 0 amide bonds. The second kappa shape index (κ2) is 10.6. The van der Waals surface area contributed by atoms with Crippen molar-refractivity contribution in [3.8, 4) is 11.4 Å². The number of aromatic nitrogens is 2. The van der Waals surface area contributed by atoms with Crippen LogP contribution in [0.4, 0.5) is 11.5 Å². The van der Waals surface area contributed by atoms with Crippen LogP contribution in [-0.2, 0) is 17.7 Å². The molecule has 0 saturated carbocycles. The van der Waals surface area contributed by atoms with Gasteiger partial charge >= 0.3 is 0 Å². The third kappa shape index (κ3) is 5.08. The lowest BCUT2D eigenvalue weighted by atomic mass is 9.95. The normalized spacial score (nSPS) is 19.9. The summed E-state index contributed by atoms with van der Waals surface area (Å²) in [5.74, 6) is 2.73. The first-order chi connectivity index (χ1) is 17.8. The van der Waals surface area contributed by atoms with Gasteiger partial charge in [0, 0.05) is 56.5 Å². The van der Waals surface area contributed by atoms with Crippen molar-refractivity contribution in [1.82, 2.24) is 9.97 Å². The maximum absolute atomic E-state index is 6.69. The first-order valence-corrected chi connectivity index (χ1v) is 13.9. The Morgan fingerprint density at radius 1 is 1.03 bits per heavy atom. The number of hydrogen-bond acceptors (Lipinski definition) is 5. The molecule has 1 fully saturated rings. The lowest BCUT2D eigenvalue weighted by Gasteiger charge is -2.40. The molecule has 3 aromatic rings. The molecule has 196 valence electrons. The Balaban J connectivity index is 1.59. The molecule has 0 spiro atoms. The molecular weight excluding hydrogens is 480 g/mol. The zero-order valence-corrected chi connectivity index (χ0v) is 23.8. The fourth-order valence-electron chi connectivity index (χ4n) is 5.88. The summed E-state index contributed by atoms with van der Waals surface area (Å²) >= 11 is 6.69. The third-order valence-corrected chi connectivity index (χ3v) is 8.47. The zero-order chi connectivity index (χ0) is 26.3. The van der Waals surface area contributed by atoms with Crippen molar-refractivity contribution in [3.05, 3.63) is 69.4 Å². The number of ether oxygens (including phenoxy) is 1. The van der Waals surface area contributed by atoms with E-state index in [1.165, 1.54) is 22.4 Å². The van der Waals surface area contributed by atoms with Crippen molar-refractivity contribution in [2.45, 2.75) is 66.0 Å². The first kappa shape index (κ1) is 26.0. The Morgan fingerprint density at radius 2 is 1.84 bits per heavy atom. The minimum Gasteiger partial charge on any atom is -0.381 e. The van der Waals surface area contributed by atoms with Gasteiger partial charge in [0.2, 0.25) is 0 Å². The second-order valence-corrected chi connectivity index (χ2v) is 11.5. The van der Waals surface area contributed by atoms with Gasteiger partial charge in [-0.15, -0.1) is 0 Å². The van der Waals surface area contributed by atoms with E-state index in [9.17, 15) is 0 Å². The Kier molecular flexibility index (Phi) is 7.46. The van der Waals surface area contributed by atoms with Crippen LogP contribution in [-0.4, -0.2) is 42.8 Å². The summed E-state index contributed by atoms with van der Waals surface area (Å²) < 4.78 is 5.76. The summed E-state index contributed by atoms with van der Waals surface area (Å²) in [6.07, 6.45) is 2.17. The predicted octanol–water partition coefficient (Wildman–Crippen LogP) is 6.96. The average Bonchev–Trinajstić information content (AvgIpc) is 2.88. The molecule has 0 radical (unpaired) electrons. The molecule has 37 heavy (non-hydrogen) atoms. The summed E-state index contributed by atoms with van der Waals surface area (Å²) in [4.78, 5) is 15.4. The number of halogens is 1. The molecule has 0 bridgehead atoms. The van der Waals surface area contributed by atoms with E-state index in [1.54, 1.807) is 0 Å². The summed E-state index contributed by atoms with van der Waals surface area (Å²) in [7, 11) is 1.83. The van der Waals surface area contributed by atoms with Crippen molar-refractivity contribution in [2.75, 3.05) is 36.5 Å². The highest BCUT2D eigenvalue weighted by Gasteiger charge is 2.32. The molecule has 0 unspecified atom stereocenters. The number of anilines is 2. The molecule has 1 aromatic heterocycles. The van der Waals surface area contributed by atoms with Crippen LogP contribution in [0.15, 0.2) is 36.4 Å². The van der Waals surface area contributed by atoms with Crippen molar-refractivity contribution in [3.63, 3.8) is 0 Å². The molecular formula is C31H39ClN4O. The summed E-state index contributed by atoms with van der Waals surface area (Å²) in [5, 5.41) is 0.705. The molecule has 2 aliphatic heterocycles. The molecule has 5 nitrogen and oxygen atoms in total. The molecule has 0 aliphatic carbocycles. The average molecular weight is 519 g/mol. The van der Waals surface area contributed by atoms with Crippen LogP contribution >= 0.6 is 11.6 Å². The topological polar surface area (TPSA) is 41.5 Å². The van der Waals surface area contributed by atoms with Gasteiger partial charge in [-0.1, -0.05) is 56.6 Å². The Morgan fingerprint density at radius 3 is 2.54 bits per heavy atom. The standard InChI is InChI=1S/C31H39ClN4O/c1-19(2)23-11-10-20(3)27(16-23)35-14-12-26-24(18-35)31(36-15-13-28(37-6)22(5)17-36)34-30(33-26)29-21(4)8-7-9-25(29)32/h7-11,16,19,22,28H,12-15,17-18H2,1-6H3/t22-,28-/m1/s1. The fourth-order valence-corrected chi connectivity index (χ4v) is 6.19. The molecule has 6 heteroatoms. The van der Waals surface area contributed by atoms with Crippen LogP contribution in [0.2, 0.25) is 5.02 Å². The van der Waals surface area contributed by atoms with E-state index in [2.05, 4.69) is 68.7 Å². The highest BCUT2D eigenvalue weighted by molar-refractivity contribution is 6.33. The highest BCUT2D eigenvalue weighted by Crippen LogP contribution is 2.37. The summed E-state index contributed by atoms with van der Waals surface area (Å²) in [6.45, 7) is 14.7. The van der Waals surface area contributed by atoms with Crippen molar-refractivity contribution < 1.29 is 4.74 Å². The van der Waals surface area contributed by atoms with Gasteiger partial charge < -0.3 is 14.5 Å². The number of fused-ring (bicyclic) bond motifs is 1. The molecule has 5 rings (SSSR count). The molecule has 1 saturated heterocycles. The number of methoxy groups -OCH3 is 1. The smallest absolute Gasteiger partial charge is 0.163 e. The van der Waals surface area contributed by atoms with Crippen LogP contribution in [0.25, 0.3) is 11.4 Å². The number of nitrogens with zero attached hydrogens (tertiary/aromatic N) is 4. The minimum atomic E-state index is 0.289. The van der Waals surface area contributed by atoms with E-state index in [0.29, 0.717) is 16.9 Å². The number of hydrogen-bond donors (Lipinski definition) is 0. The van der Waals surface area contributed by atoms with E-state index < -0.39 is 0 Å². The van der Waals surface area contributed by atoms with Crippen molar-refractivity contribution >= 4 is 23.1 Å². The highest BCUT2D eigenvalue weighted by atomic mass is 35.5. The van der Waals surface area contributed by atoms with Crippen LogP contribution in [0.3, 0.4) is 0 Å². The maximum Gasteiger partial charge on any atom is 0.163 e. The number of piperidine rings is 1. The molecule has 3 heterocycles. The van der Waals surface area contributed by atoms with E-state index in [0.717, 1.165) is 67.5 Å². The Bertz CT molecular complexity index is 1270. The van der Waals surface area contributed by atoms with Crippen molar-refractivity contribution in [1.29, 1.82) is 0 Å². The molecule has 2 aliphatic rings. The van der Waals surface area contributed by atoms with Crippen molar-refractivity contribution in [2.24, 2.45) is 5.92 Å². The van der Waals surface area contributed by atoms with Crippen LogP contribution in [0.5, 0.6) is 0 Å². The maximum atomic E-state index is 6.69. The van der Waals surface area contributed by atoms with Gasteiger partial charge in [0.05, 0.1) is 16.8 Å². The Labute approximate surface area is 226 Å². The summed E-state index contributed by atoms with van der Waals surface area (Å²) in [5.41, 5.74) is 8.45. The first-order valence-electron chi connectivity index (χ1n) is 13.5. The van der Waals surface area contributed by atoms with Gasteiger partial charge in [-0.05, 0) is 60.9 Å². The van der Waals surface area contributed by atoms with Gasteiger partial charge in [-0.2, -0.15) is 0 Å². The lowest BCUT2D eigenvalue weighted by molar-refractivity contribution is 0.0443.